The smallest absolute Gasteiger partial charge is 0.350 e. The summed E-state index contributed by atoms with van der Waals surface area (Å²) in [5.41, 5.74) is 7.03. The van der Waals surface area contributed by atoms with Crippen LogP contribution in [0.15, 0.2) is 46.7 Å². The number of sulfonamides is 1. The molecule has 1 aromatic carbocycles. The van der Waals surface area contributed by atoms with Crippen LogP contribution >= 0.6 is 0 Å². The number of benzene rings is 1. The van der Waals surface area contributed by atoms with Gasteiger partial charge in [0.25, 0.3) is 10.0 Å². The van der Waals surface area contributed by atoms with Gasteiger partial charge >= 0.3 is 5.69 Å². The average Bonchev–Trinajstić information content (AvgIpc) is 3.47. The summed E-state index contributed by atoms with van der Waals surface area (Å²) in [5, 5.41) is 10.7. The predicted octanol–water partition coefficient (Wildman–Crippen LogP) is 5.01. The lowest BCUT2D eigenvalue weighted by Gasteiger charge is -2.32. The summed E-state index contributed by atoms with van der Waals surface area (Å²) in [6.07, 6.45) is 15.5. The molecule has 1 saturated heterocycles. The fourth-order valence-electron chi connectivity index (χ4n) is 6.83. The van der Waals surface area contributed by atoms with Crippen molar-refractivity contribution >= 4 is 27.4 Å². The maximum absolute atomic E-state index is 13.1. The number of nitrogens with two attached hydrogens (primary N) is 1. The SMILES string of the molecule is Cn1cnc(S(=O)(=O)N2CCC(c3ccc4c(c3)Nc3nc(=O)n(C5CCC(CCCCCC(=N)N)CC5)cc3O4)CC2)c1. The Labute approximate surface area is 258 Å². The van der Waals surface area contributed by atoms with E-state index in [1.54, 1.807) is 22.4 Å². The molecule has 44 heavy (non-hydrogen) atoms. The Bertz CT molecular complexity index is 1670. The van der Waals surface area contributed by atoms with E-state index in [0.717, 1.165) is 56.2 Å². The highest BCUT2D eigenvalue weighted by Crippen LogP contribution is 2.43. The second kappa shape index (κ2) is 12.7. The van der Waals surface area contributed by atoms with Gasteiger partial charge in [-0.1, -0.05) is 25.3 Å². The highest BCUT2D eigenvalue weighted by molar-refractivity contribution is 7.89. The van der Waals surface area contributed by atoms with E-state index in [1.165, 1.54) is 23.3 Å². The summed E-state index contributed by atoms with van der Waals surface area (Å²) in [5.74, 6) is 2.80. The van der Waals surface area contributed by atoms with Gasteiger partial charge in [-0.15, -0.1) is 0 Å². The van der Waals surface area contributed by atoms with E-state index in [0.29, 0.717) is 55.6 Å². The van der Waals surface area contributed by atoms with Crippen LogP contribution in [0.3, 0.4) is 0 Å². The summed E-state index contributed by atoms with van der Waals surface area (Å²) >= 11 is 0. The van der Waals surface area contributed by atoms with Crippen molar-refractivity contribution in [3.8, 4) is 11.5 Å². The lowest BCUT2D eigenvalue weighted by Crippen LogP contribution is -2.38. The van der Waals surface area contributed by atoms with Crippen molar-refractivity contribution in [2.45, 2.75) is 87.6 Å². The van der Waals surface area contributed by atoms with Crippen molar-refractivity contribution in [1.82, 2.24) is 23.4 Å². The molecule has 2 aromatic heterocycles. The molecule has 0 radical (unpaired) electrons. The van der Waals surface area contributed by atoms with Crippen molar-refractivity contribution < 1.29 is 13.2 Å². The van der Waals surface area contributed by atoms with Gasteiger partial charge in [0.1, 0.15) is 0 Å². The molecule has 3 aromatic rings. The number of fused-ring (bicyclic) bond motifs is 2. The summed E-state index contributed by atoms with van der Waals surface area (Å²) < 4.78 is 37.1. The van der Waals surface area contributed by atoms with Gasteiger partial charge in [-0.05, 0) is 74.5 Å². The Morgan fingerprint density at radius 2 is 1.84 bits per heavy atom. The molecule has 2 aliphatic heterocycles. The number of amidine groups is 1. The van der Waals surface area contributed by atoms with Crippen LogP contribution in [0.5, 0.6) is 11.5 Å². The lowest BCUT2D eigenvalue weighted by molar-refractivity contribution is 0.252. The number of aryl methyl sites for hydroxylation is 1. The van der Waals surface area contributed by atoms with Crippen LogP contribution in [0.1, 0.15) is 88.2 Å². The Balaban J connectivity index is 1.05. The second-order valence-corrected chi connectivity index (χ2v) is 14.4. The average molecular weight is 623 g/mol. The van der Waals surface area contributed by atoms with Gasteiger partial charge < -0.3 is 20.4 Å². The number of aromatic nitrogens is 4. The highest BCUT2D eigenvalue weighted by Gasteiger charge is 2.32. The fraction of sp³-hybridized carbons (Fsp3) is 0.548. The monoisotopic (exact) mass is 622 g/mol. The summed E-state index contributed by atoms with van der Waals surface area (Å²) in [6.45, 7) is 0.856. The number of nitrogens with zero attached hydrogens (tertiary/aromatic N) is 5. The molecule has 6 rings (SSSR count). The van der Waals surface area contributed by atoms with Gasteiger partial charge in [-0.2, -0.15) is 9.29 Å². The largest absolute Gasteiger partial charge is 0.450 e. The fourth-order valence-corrected chi connectivity index (χ4v) is 8.27. The van der Waals surface area contributed by atoms with Crippen LogP contribution in [-0.2, 0) is 17.1 Å². The van der Waals surface area contributed by atoms with Crippen LogP contribution in [0.25, 0.3) is 0 Å². The van der Waals surface area contributed by atoms with Gasteiger partial charge in [-0.25, -0.2) is 18.2 Å². The minimum Gasteiger partial charge on any atom is -0.450 e. The Morgan fingerprint density at radius 1 is 1.07 bits per heavy atom. The number of unbranched alkanes of at least 4 members (excludes halogenated alkanes) is 2. The first-order valence-corrected chi connectivity index (χ1v) is 17.1. The third kappa shape index (κ3) is 6.53. The topological polar surface area (TPSA) is 161 Å². The quantitative estimate of drug-likeness (QED) is 0.126. The van der Waals surface area contributed by atoms with Crippen molar-refractivity contribution in [3.05, 3.63) is 53.0 Å². The second-order valence-electron chi connectivity index (χ2n) is 12.5. The third-order valence-corrected chi connectivity index (χ3v) is 11.2. The molecule has 1 aliphatic carbocycles. The molecule has 0 unspecified atom stereocenters. The van der Waals surface area contributed by atoms with E-state index in [1.807, 2.05) is 18.2 Å². The van der Waals surface area contributed by atoms with Gasteiger partial charge in [0.2, 0.25) is 0 Å². The van der Waals surface area contributed by atoms with Crippen molar-refractivity contribution in [3.63, 3.8) is 0 Å². The van der Waals surface area contributed by atoms with Crippen LogP contribution < -0.4 is 21.5 Å². The Hall–Kier alpha value is -3.71. The standard InChI is InChI=1S/C31H42N8O4S/c1-37-19-29(34-20-37)44(41,42)38-15-13-22(14-16-38)23-9-12-26-25(17-23)35-30-27(43-26)18-39(31(40)36-30)24-10-7-21(8-11-24)5-3-2-4-6-28(32)33/h9,12,17-22,24H,2-8,10-11,13-16H2,1H3,(H3,32,33)(H,35,36,40). The van der Waals surface area contributed by atoms with E-state index >= 15 is 0 Å². The maximum atomic E-state index is 13.1. The van der Waals surface area contributed by atoms with Crippen LogP contribution in [0, 0.1) is 11.3 Å². The molecule has 0 spiro atoms. The highest BCUT2D eigenvalue weighted by atomic mass is 32.2. The van der Waals surface area contributed by atoms with Gasteiger partial charge in [-0.3, -0.25) is 9.98 Å². The molecule has 0 amide bonds. The summed E-state index contributed by atoms with van der Waals surface area (Å²) in [7, 11) is -1.85. The van der Waals surface area contributed by atoms with E-state index in [2.05, 4.69) is 15.3 Å². The molecule has 1 saturated carbocycles. The Kier molecular flexibility index (Phi) is 8.77. The first-order chi connectivity index (χ1) is 21.2. The first-order valence-electron chi connectivity index (χ1n) is 15.7. The molecule has 12 nitrogen and oxygen atoms in total. The molecule has 236 valence electrons. The van der Waals surface area contributed by atoms with E-state index in [9.17, 15) is 13.2 Å². The Morgan fingerprint density at radius 3 is 2.55 bits per heavy atom. The zero-order valence-electron chi connectivity index (χ0n) is 25.2. The summed E-state index contributed by atoms with van der Waals surface area (Å²) in [4.78, 5) is 21.5. The van der Waals surface area contributed by atoms with Gasteiger partial charge in [0.05, 0.1) is 24.0 Å². The number of anilines is 2. The van der Waals surface area contributed by atoms with Gasteiger partial charge in [0, 0.05) is 38.8 Å². The van der Waals surface area contributed by atoms with Gasteiger partial charge in [0.15, 0.2) is 22.3 Å². The molecule has 4 heterocycles. The normalized spacial score (nSPS) is 20.8. The van der Waals surface area contributed by atoms with E-state index < -0.39 is 10.0 Å². The van der Waals surface area contributed by atoms with E-state index in [4.69, 9.17) is 15.9 Å². The minimum atomic E-state index is -3.60. The number of piperidine rings is 1. The maximum Gasteiger partial charge on any atom is 0.350 e. The molecular weight excluding hydrogens is 580 g/mol. The number of nitrogens with one attached hydrogen (secondary N) is 2. The van der Waals surface area contributed by atoms with Crippen LogP contribution in [0.4, 0.5) is 11.5 Å². The molecule has 3 aliphatic rings. The molecule has 0 atom stereocenters. The molecule has 0 bridgehead atoms. The van der Waals surface area contributed by atoms with Crippen molar-refractivity contribution in [2.75, 3.05) is 18.4 Å². The molecule has 2 fully saturated rings. The zero-order valence-corrected chi connectivity index (χ0v) is 26.1. The lowest BCUT2D eigenvalue weighted by atomic mass is 9.83. The zero-order chi connectivity index (χ0) is 30.8. The third-order valence-electron chi connectivity index (χ3n) is 9.37. The minimum absolute atomic E-state index is 0.0835. The van der Waals surface area contributed by atoms with Crippen molar-refractivity contribution in [2.24, 2.45) is 18.7 Å². The summed E-state index contributed by atoms with van der Waals surface area (Å²) in [6, 6.07) is 6.13. The number of imidazole rings is 1. The number of hydrogen-bond donors (Lipinski definition) is 3. The van der Waals surface area contributed by atoms with E-state index in [-0.39, 0.29) is 28.5 Å². The molecular formula is C31H42N8O4S. The van der Waals surface area contributed by atoms with Crippen LogP contribution in [-0.4, -0.2) is 50.8 Å². The number of ether oxygens (including phenoxy) is 1. The number of hydrogen-bond acceptors (Lipinski definition) is 8. The first kappa shape index (κ1) is 30.3. The molecule has 13 heteroatoms. The van der Waals surface area contributed by atoms with Crippen LogP contribution in [0.2, 0.25) is 0 Å². The predicted molar refractivity (Wildman–Crippen MR) is 168 cm³/mol. The number of rotatable bonds is 10. The molecule has 4 N–H and O–H groups in total. The van der Waals surface area contributed by atoms with Crippen molar-refractivity contribution in [1.29, 1.82) is 5.41 Å².